The first kappa shape index (κ1) is 14.6. The number of aromatic nitrogens is 2. The van der Waals surface area contributed by atoms with E-state index in [-0.39, 0.29) is 5.82 Å². The van der Waals surface area contributed by atoms with E-state index in [2.05, 4.69) is 20.2 Å². The number of hydrogen-bond acceptors (Lipinski definition) is 5. The zero-order chi connectivity index (χ0) is 15.4. The molecule has 0 amide bonds. The van der Waals surface area contributed by atoms with E-state index in [0.717, 1.165) is 24.5 Å². The molecule has 0 spiro atoms. The first-order valence-corrected chi connectivity index (χ1v) is 7.58. The van der Waals surface area contributed by atoms with Gasteiger partial charge in [-0.2, -0.15) is 0 Å². The number of rotatable bonds is 4. The highest BCUT2D eigenvalue weighted by atomic mass is 19.1. The van der Waals surface area contributed by atoms with Crippen LogP contribution < -0.4 is 16.0 Å². The Morgan fingerprint density at radius 2 is 1.82 bits per heavy atom. The molecule has 1 aliphatic heterocycles. The lowest BCUT2D eigenvalue weighted by Crippen LogP contribution is -2.31. The number of nitrogens with two attached hydrogens (primary N) is 1. The second kappa shape index (κ2) is 6.60. The fraction of sp³-hybridized carbons (Fsp3) is 0.375. The van der Waals surface area contributed by atoms with Crippen molar-refractivity contribution in [1.29, 1.82) is 0 Å². The van der Waals surface area contributed by atoms with E-state index in [9.17, 15) is 4.39 Å². The third kappa shape index (κ3) is 3.27. The van der Waals surface area contributed by atoms with Crippen molar-refractivity contribution in [2.45, 2.75) is 25.8 Å². The average molecular weight is 301 g/mol. The van der Waals surface area contributed by atoms with Crippen molar-refractivity contribution >= 4 is 17.3 Å². The Morgan fingerprint density at radius 1 is 1.09 bits per heavy atom. The summed E-state index contributed by atoms with van der Waals surface area (Å²) in [6, 6.07) is 6.37. The lowest BCUT2D eigenvalue weighted by Gasteiger charge is -2.28. The molecule has 116 valence electrons. The maximum absolute atomic E-state index is 12.9. The third-order valence-corrected chi connectivity index (χ3v) is 3.89. The molecule has 0 unspecified atom stereocenters. The normalized spacial score (nSPS) is 14.9. The van der Waals surface area contributed by atoms with E-state index in [1.807, 2.05) is 0 Å². The summed E-state index contributed by atoms with van der Waals surface area (Å²) in [6.07, 6.45) is 5.13. The zero-order valence-corrected chi connectivity index (χ0v) is 12.4. The summed E-state index contributed by atoms with van der Waals surface area (Å²) in [5, 5.41) is 3.20. The highest BCUT2D eigenvalue weighted by molar-refractivity contribution is 5.74. The molecule has 22 heavy (non-hydrogen) atoms. The summed E-state index contributed by atoms with van der Waals surface area (Å²) < 4.78 is 12.9. The summed E-state index contributed by atoms with van der Waals surface area (Å²) in [5.41, 5.74) is 7.76. The van der Waals surface area contributed by atoms with Crippen LogP contribution in [0.1, 0.15) is 24.8 Å². The van der Waals surface area contributed by atoms with Crippen molar-refractivity contribution in [2.75, 3.05) is 29.0 Å². The van der Waals surface area contributed by atoms with Crippen LogP contribution in [0.25, 0.3) is 0 Å². The Kier molecular flexibility index (Phi) is 4.37. The van der Waals surface area contributed by atoms with Crippen LogP contribution in [0, 0.1) is 5.82 Å². The van der Waals surface area contributed by atoms with Crippen LogP contribution in [-0.2, 0) is 6.54 Å². The van der Waals surface area contributed by atoms with E-state index >= 15 is 0 Å². The fourth-order valence-corrected chi connectivity index (χ4v) is 2.67. The first-order chi connectivity index (χ1) is 10.7. The summed E-state index contributed by atoms with van der Waals surface area (Å²) in [6.45, 7) is 2.51. The minimum Gasteiger partial charge on any atom is -0.393 e. The molecule has 1 aromatic carbocycles. The summed E-state index contributed by atoms with van der Waals surface area (Å²) >= 11 is 0. The van der Waals surface area contributed by atoms with E-state index < -0.39 is 0 Å². The van der Waals surface area contributed by atoms with E-state index in [1.165, 1.54) is 37.7 Å². The van der Waals surface area contributed by atoms with Gasteiger partial charge in [0.1, 0.15) is 17.8 Å². The minimum atomic E-state index is -0.238. The highest BCUT2D eigenvalue weighted by Gasteiger charge is 2.17. The lowest BCUT2D eigenvalue weighted by atomic mass is 10.1. The maximum Gasteiger partial charge on any atom is 0.157 e. The minimum absolute atomic E-state index is 0.238. The zero-order valence-electron chi connectivity index (χ0n) is 12.4. The van der Waals surface area contributed by atoms with Gasteiger partial charge in [-0.25, -0.2) is 14.4 Å². The number of hydrogen-bond donors (Lipinski definition) is 2. The molecule has 1 aliphatic rings. The lowest BCUT2D eigenvalue weighted by molar-refractivity contribution is 0.573. The molecule has 0 radical (unpaired) electrons. The number of nitrogens with zero attached hydrogens (tertiary/aromatic N) is 3. The number of benzene rings is 1. The molecule has 2 heterocycles. The molecule has 5 nitrogen and oxygen atoms in total. The first-order valence-electron chi connectivity index (χ1n) is 7.58. The topological polar surface area (TPSA) is 67.1 Å². The molecule has 1 fully saturated rings. The molecule has 3 N–H and O–H groups in total. The molecule has 0 saturated carbocycles. The van der Waals surface area contributed by atoms with Crippen LogP contribution in [0.15, 0.2) is 30.6 Å². The quantitative estimate of drug-likeness (QED) is 0.909. The number of piperidine rings is 1. The van der Waals surface area contributed by atoms with Crippen LogP contribution in [0.2, 0.25) is 0 Å². The van der Waals surface area contributed by atoms with Crippen LogP contribution in [-0.4, -0.2) is 23.1 Å². The van der Waals surface area contributed by atoms with Gasteiger partial charge in [-0.3, -0.25) is 0 Å². The van der Waals surface area contributed by atoms with E-state index in [4.69, 9.17) is 5.73 Å². The molecule has 3 rings (SSSR count). The second-order valence-corrected chi connectivity index (χ2v) is 5.49. The Balaban J connectivity index is 1.72. The van der Waals surface area contributed by atoms with E-state index in [0.29, 0.717) is 18.1 Å². The molecule has 2 aromatic rings. The molecule has 0 aliphatic carbocycles. The van der Waals surface area contributed by atoms with Crippen LogP contribution in [0.3, 0.4) is 0 Å². The van der Waals surface area contributed by atoms with Gasteiger partial charge in [0.05, 0.1) is 0 Å². The Hall–Kier alpha value is -2.37. The van der Waals surface area contributed by atoms with Crippen molar-refractivity contribution < 1.29 is 4.39 Å². The van der Waals surface area contributed by atoms with Gasteiger partial charge >= 0.3 is 0 Å². The summed E-state index contributed by atoms with van der Waals surface area (Å²) in [4.78, 5) is 10.8. The van der Waals surface area contributed by atoms with Gasteiger partial charge in [0.15, 0.2) is 11.6 Å². The predicted molar refractivity (Wildman–Crippen MR) is 86.2 cm³/mol. The predicted octanol–water partition coefficient (Wildman–Crippen LogP) is 2.80. The number of nitrogens with one attached hydrogen (secondary N) is 1. The molecule has 0 atom stereocenters. The smallest absolute Gasteiger partial charge is 0.157 e. The van der Waals surface area contributed by atoms with Crippen molar-refractivity contribution in [2.24, 2.45) is 0 Å². The van der Waals surface area contributed by atoms with Crippen molar-refractivity contribution in [3.05, 3.63) is 42.0 Å². The summed E-state index contributed by atoms with van der Waals surface area (Å²) in [7, 11) is 0. The molecular formula is C16H20FN5. The Labute approximate surface area is 129 Å². The third-order valence-electron chi connectivity index (χ3n) is 3.89. The standard InChI is InChI=1S/C16H20FN5/c17-13-6-4-12(5-7-13)10-19-15-14(18)16(21-11-20-15)22-8-2-1-3-9-22/h4-7,11H,1-3,8-10,18H2,(H,19,20,21). The molecule has 6 heteroatoms. The second-order valence-electron chi connectivity index (χ2n) is 5.49. The number of anilines is 3. The fourth-order valence-electron chi connectivity index (χ4n) is 2.67. The van der Waals surface area contributed by atoms with Gasteiger partial charge in [0.25, 0.3) is 0 Å². The van der Waals surface area contributed by atoms with Gasteiger partial charge < -0.3 is 16.0 Å². The number of halogens is 1. The molecule has 1 aromatic heterocycles. The molecule has 0 bridgehead atoms. The Morgan fingerprint density at radius 3 is 2.55 bits per heavy atom. The summed E-state index contributed by atoms with van der Waals surface area (Å²) in [5.74, 6) is 1.19. The maximum atomic E-state index is 12.9. The van der Waals surface area contributed by atoms with Gasteiger partial charge in [0, 0.05) is 19.6 Å². The monoisotopic (exact) mass is 301 g/mol. The van der Waals surface area contributed by atoms with Crippen molar-refractivity contribution in [3.8, 4) is 0 Å². The Bertz CT molecular complexity index is 623. The van der Waals surface area contributed by atoms with Crippen molar-refractivity contribution in [1.82, 2.24) is 9.97 Å². The average Bonchev–Trinajstić information content (AvgIpc) is 2.56. The molecular weight excluding hydrogens is 281 g/mol. The van der Waals surface area contributed by atoms with Crippen LogP contribution in [0.5, 0.6) is 0 Å². The van der Waals surface area contributed by atoms with Gasteiger partial charge in [-0.05, 0) is 37.0 Å². The largest absolute Gasteiger partial charge is 0.393 e. The van der Waals surface area contributed by atoms with Gasteiger partial charge in [-0.1, -0.05) is 12.1 Å². The number of nitrogen functional groups attached to an aromatic ring is 1. The van der Waals surface area contributed by atoms with Gasteiger partial charge in [0.2, 0.25) is 0 Å². The van der Waals surface area contributed by atoms with Crippen LogP contribution >= 0.6 is 0 Å². The molecule has 1 saturated heterocycles. The van der Waals surface area contributed by atoms with Crippen molar-refractivity contribution in [3.63, 3.8) is 0 Å². The van der Waals surface area contributed by atoms with Gasteiger partial charge in [-0.15, -0.1) is 0 Å². The van der Waals surface area contributed by atoms with Crippen LogP contribution in [0.4, 0.5) is 21.7 Å². The highest BCUT2D eigenvalue weighted by Crippen LogP contribution is 2.28. The van der Waals surface area contributed by atoms with E-state index in [1.54, 1.807) is 12.1 Å². The SMILES string of the molecule is Nc1c(NCc2ccc(F)cc2)ncnc1N1CCCCC1.